The number of carbonyl (C=O) groups excluding carboxylic acids is 1. The fourth-order valence-corrected chi connectivity index (χ4v) is 9.32. The zero-order valence-corrected chi connectivity index (χ0v) is 30.7. The molecule has 0 bridgehead atoms. The number of fused-ring (bicyclic) bond motifs is 1. The number of thiazole rings is 1. The molecule has 15 heteroatoms. The van der Waals surface area contributed by atoms with Crippen molar-refractivity contribution in [2.45, 2.75) is 82.9 Å². The van der Waals surface area contributed by atoms with Crippen molar-refractivity contribution in [2.75, 3.05) is 31.6 Å². The van der Waals surface area contributed by atoms with E-state index in [1.807, 2.05) is 27.7 Å². The van der Waals surface area contributed by atoms with Crippen LogP contribution in [-0.4, -0.2) is 61.9 Å². The van der Waals surface area contributed by atoms with Crippen LogP contribution in [0, 0.1) is 17.2 Å². The molecule has 4 aromatic rings. The first kappa shape index (κ1) is 35.7. The number of likely N-dealkylation sites (tertiary alicyclic amines) is 1. The third-order valence-electron chi connectivity index (χ3n) is 9.73. The first-order chi connectivity index (χ1) is 23.7. The van der Waals surface area contributed by atoms with E-state index in [-0.39, 0.29) is 40.7 Å². The van der Waals surface area contributed by atoms with Gasteiger partial charge in [0.1, 0.15) is 22.0 Å². The lowest BCUT2D eigenvalue weighted by atomic mass is 9.82. The monoisotopic (exact) mass is 730 g/mol. The molecule has 1 aliphatic carbocycles. The topological polar surface area (TPSA) is 133 Å². The van der Waals surface area contributed by atoms with E-state index in [0.717, 1.165) is 47.7 Å². The predicted octanol–water partition coefficient (Wildman–Crippen LogP) is 6.98. The Bertz CT molecular complexity index is 2030. The summed E-state index contributed by atoms with van der Waals surface area (Å²) in [5, 5.41) is 1.75. The van der Waals surface area contributed by atoms with Crippen LogP contribution in [0.15, 0.2) is 56.0 Å². The molecular weight excluding hydrogens is 688 g/mol. The maximum absolute atomic E-state index is 16.4. The van der Waals surface area contributed by atoms with Gasteiger partial charge in [0.15, 0.2) is 16.5 Å². The largest absolute Gasteiger partial charge is 0.497 e. The summed E-state index contributed by atoms with van der Waals surface area (Å²) in [5.41, 5.74) is -0.572. The van der Waals surface area contributed by atoms with Gasteiger partial charge in [0, 0.05) is 42.3 Å². The van der Waals surface area contributed by atoms with Crippen molar-refractivity contribution in [1.82, 2.24) is 14.5 Å². The summed E-state index contributed by atoms with van der Waals surface area (Å²) in [6, 6.07) is 7.23. The SMILES string of the molecule is COc1ccc(CN(c2nccs2)S(=O)(=O)c2ccc3c(oc(=O)n3C(C)C3(CC4CCCN(C(=O)OC(C)(C)C)C4)CC3)c2F)c(OC)c1. The number of sulfonamides is 1. The fraction of sp³-hybridized carbons (Fsp3) is 0.514. The van der Waals surface area contributed by atoms with Crippen LogP contribution >= 0.6 is 11.3 Å². The molecule has 2 aromatic carbocycles. The first-order valence-corrected chi connectivity index (χ1v) is 18.9. The second kappa shape index (κ2) is 13.5. The number of oxazole rings is 1. The number of rotatable bonds is 11. The van der Waals surface area contributed by atoms with Crippen LogP contribution in [0.3, 0.4) is 0 Å². The number of amides is 1. The molecule has 2 fully saturated rings. The molecule has 0 N–H and O–H groups in total. The normalized spacial score (nSPS) is 18.1. The lowest BCUT2D eigenvalue weighted by molar-refractivity contribution is 0.0143. The maximum Gasteiger partial charge on any atom is 0.420 e. The minimum atomic E-state index is -4.56. The molecule has 1 amide bonds. The van der Waals surface area contributed by atoms with E-state index in [0.29, 0.717) is 30.2 Å². The molecule has 0 spiro atoms. The highest BCUT2D eigenvalue weighted by atomic mass is 32.2. The van der Waals surface area contributed by atoms with Crippen LogP contribution in [0.2, 0.25) is 0 Å². The number of carbonyl (C=O) groups is 1. The number of hydrogen-bond donors (Lipinski definition) is 0. The van der Waals surface area contributed by atoms with E-state index in [2.05, 4.69) is 4.98 Å². The predicted molar refractivity (Wildman–Crippen MR) is 187 cm³/mol. The second-order valence-corrected chi connectivity index (χ2v) is 16.8. The summed E-state index contributed by atoms with van der Waals surface area (Å²) < 4.78 is 69.1. The molecule has 6 rings (SSSR count). The van der Waals surface area contributed by atoms with Gasteiger partial charge in [-0.25, -0.2) is 31.7 Å². The zero-order chi connectivity index (χ0) is 36.0. The van der Waals surface area contributed by atoms with Crippen LogP contribution in [0.25, 0.3) is 11.1 Å². The van der Waals surface area contributed by atoms with Crippen molar-refractivity contribution < 1.29 is 36.2 Å². The number of halogens is 1. The van der Waals surface area contributed by atoms with Crippen LogP contribution in [0.4, 0.5) is 14.3 Å². The fourth-order valence-electron chi connectivity index (χ4n) is 6.99. The molecule has 2 aromatic heterocycles. The van der Waals surface area contributed by atoms with Gasteiger partial charge in [0.2, 0.25) is 0 Å². The van der Waals surface area contributed by atoms with Crippen LogP contribution < -0.4 is 19.5 Å². The average Bonchev–Trinajstić information content (AvgIpc) is 3.48. The number of methoxy groups -OCH3 is 2. The Balaban J connectivity index is 1.28. The lowest BCUT2D eigenvalue weighted by Crippen LogP contribution is -2.43. The molecule has 50 heavy (non-hydrogen) atoms. The van der Waals surface area contributed by atoms with E-state index in [1.54, 1.807) is 28.5 Å². The maximum atomic E-state index is 16.4. The highest BCUT2D eigenvalue weighted by molar-refractivity contribution is 7.93. The van der Waals surface area contributed by atoms with Crippen molar-refractivity contribution in [2.24, 2.45) is 11.3 Å². The van der Waals surface area contributed by atoms with Gasteiger partial charge in [0.25, 0.3) is 10.0 Å². The number of hydrogen-bond acceptors (Lipinski definition) is 10. The molecule has 1 saturated carbocycles. The highest BCUT2D eigenvalue weighted by Crippen LogP contribution is 2.59. The van der Waals surface area contributed by atoms with Crippen molar-refractivity contribution in [1.29, 1.82) is 0 Å². The average molecular weight is 731 g/mol. The summed E-state index contributed by atoms with van der Waals surface area (Å²) >= 11 is 1.08. The number of nitrogens with zero attached hydrogens (tertiary/aromatic N) is 4. The Hall–Kier alpha value is -4.11. The Morgan fingerprint density at radius 3 is 2.60 bits per heavy atom. The van der Waals surface area contributed by atoms with Crippen LogP contribution in [-0.2, 0) is 21.3 Å². The van der Waals surface area contributed by atoms with E-state index >= 15 is 4.39 Å². The van der Waals surface area contributed by atoms with Gasteiger partial charge in [-0.1, -0.05) is 0 Å². The lowest BCUT2D eigenvalue weighted by Gasteiger charge is -2.36. The quantitative estimate of drug-likeness (QED) is 0.160. The summed E-state index contributed by atoms with van der Waals surface area (Å²) in [4.78, 5) is 31.5. The van der Waals surface area contributed by atoms with Gasteiger partial charge in [-0.2, -0.15) is 0 Å². The van der Waals surface area contributed by atoms with E-state index in [9.17, 15) is 18.0 Å². The number of anilines is 1. The molecule has 2 unspecified atom stereocenters. The summed E-state index contributed by atoms with van der Waals surface area (Å²) in [6.07, 6.45) is 5.45. The number of ether oxygens (including phenoxy) is 3. The van der Waals surface area contributed by atoms with Gasteiger partial charge < -0.3 is 23.5 Å². The standard InChI is InChI=1S/C35H43FN4O8S2/c1-22(35(13-14-35)19-23-8-7-16-38(20-23)32(41)48-34(2,3)4)40-26-11-12-28(29(36)30(26)47-33(40)42)50(43,44)39(31-37-15-17-49-31)21-24-9-10-25(45-5)18-27(24)46-6/h9-12,15,17-18,22-23H,7-8,13-14,16,19-21H2,1-6H3. The summed E-state index contributed by atoms with van der Waals surface area (Å²) in [6.45, 7) is 8.45. The van der Waals surface area contributed by atoms with Crippen molar-refractivity contribution >= 4 is 43.7 Å². The van der Waals surface area contributed by atoms with Crippen molar-refractivity contribution in [3.8, 4) is 11.5 Å². The number of piperidine rings is 1. The summed E-state index contributed by atoms with van der Waals surface area (Å²) in [5.74, 6) is -0.794. The van der Waals surface area contributed by atoms with Gasteiger partial charge in [-0.3, -0.25) is 4.57 Å². The third-order valence-corrected chi connectivity index (χ3v) is 12.4. The van der Waals surface area contributed by atoms with Gasteiger partial charge >= 0.3 is 11.8 Å². The molecule has 3 heterocycles. The zero-order valence-electron chi connectivity index (χ0n) is 29.1. The molecule has 1 saturated heterocycles. The minimum absolute atomic E-state index is 0.124. The van der Waals surface area contributed by atoms with Crippen molar-refractivity contribution in [3.63, 3.8) is 0 Å². The van der Waals surface area contributed by atoms with Crippen LogP contribution in [0.1, 0.15) is 71.4 Å². The third kappa shape index (κ3) is 6.94. The van der Waals surface area contributed by atoms with E-state index in [4.69, 9.17) is 18.6 Å². The van der Waals surface area contributed by atoms with E-state index < -0.39 is 37.7 Å². The van der Waals surface area contributed by atoms with Gasteiger partial charge in [-0.15, -0.1) is 11.3 Å². The highest BCUT2D eigenvalue weighted by Gasteiger charge is 2.51. The van der Waals surface area contributed by atoms with Gasteiger partial charge in [0.05, 0.1) is 26.3 Å². The molecule has 2 aliphatic rings. The number of aromatic nitrogens is 2. The van der Waals surface area contributed by atoms with Gasteiger partial charge in [-0.05, 0) is 95.4 Å². The Labute approximate surface area is 294 Å². The molecular formula is C35H43FN4O8S2. The molecule has 270 valence electrons. The van der Waals surface area contributed by atoms with Crippen LogP contribution in [0.5, 0.6) is 11.5 Å². The molecule has 1 aliphatic heterocycles. The van der Waals surface area contributed by atoms with E-state index in [1.165, 1.54) is 37.1 Å². The molecule has 2 atom stereocenters. The Morgan fingerprint density at radius 1 is 1.20 bits per heavy atom. The van der Waals surface area contributed by atoms with Crippen molar-refractivity contribution in [3.05, 3.63) is 63.8 Å². The molecule has 12 nitrogen and oxygen atoms in total. The smallest absolute Gasteiger partial charge is 0.420 e. The molecule has 0 radical (unpaired) electrons. The number of benzene rings is 2. The Morgan fingerprint density at radius 2 is 1.96 bits per heavy atom. The second-order valence-electron chi connectivity index (χ2n) is 14.1. The summed E-state index contributed by atoms with van der Waals surface area (Å²) in [7, 11) is -1.59. The Kier molecular flexibility index (Phi) is 9.68. The first-order valence-electron chi connectivity index (χ1n) is 16.6. The minimum Gasteiger partial charge on any atom is -0.497 e.